The van der Waals surface area contributed by atoms with E-state index in [2.05, 4.69) is 47.3 Å². The molecule has 0 spiro atoms. The van der Waals surface area contributed by atoms with Crippen LogP contribution in [-0.4, -0.2) is 35.5 Å². The number of aromatic nitrogens is 2. The Morgan fingerprint density at radius 3 is 2.68 bits per heavy atom. The van der Waals surface area contributed by atoms with Crippen LogP contribution in [0.5, 0.6) is 0 Å². The van der Waals surface area contributed by atoms with Gasteiger partial charge in [0.2, 0.25) is 0 Å². The van der Waals surface area contributed by atoms with Crippen molar-refractivity contribution in [1.29, 1.82) is 0 Å². The number of rotatable bonds is 6. The fourth-order valence-corrected chi connectivity index (χ4v) is 3.59. The molecule has 0 saturated carbocycles. The Labute approximate surface area is 144 Å². The van der Waals surface area contributed by atoms with Crippen molar-refractivity contribution in [2.24, 2.45) is 0 Å². The van der Waals surface area contributed by atoms with Gasteiger partial charge in [0.15, 0.2) is 0 Å². The second-order valence-corrected chi connectivity index (χ2v) is 13.3. The number of hydrogen-bond acceptors (Lipinski definition) is 3. The van der Waals surface area contributed by atoms with E-state index in [1.165, 1.54) is 0 Å². The van der Waals surface area contributed by atoms with Crippen molar-refractivity contribution in [3.05, 3.63) is 27.0 Å². The normalized spacial score (nSPS) is 12.0. The molecule has 1 heterocycles. The summed E-state index contributed by atoms with van der Waals surface area (Å²) in [6.07, 6.45) is 0. The lowest BCUT2D eigenvalue weighted by molar-refractivity contribution is 0.0696. The molecule has 0 aliphatic carbocycles. The van der Waals surface area contributed by atoms with Gasteiger partial charge in [-0.15, -0.1) is 0 Å². The lowest BCUT2D eigenvalue weighted by Crippen LogP contribution is -2.22. The Kier molecular flexibility index (Phi) is 5.28. The maximum atomic E-state index is 11.2. The topological polar surface area (TPSA) is 64.3 Å². The third-order valence-electron chi connectivity index (χ3n) is 3.49. The van der Waals surface area contributed by atoms with Crippen LogP contribution >= 0.6 is 22.6 Å². The van der Waals surface area contributed by atoms with Gasteiger partial charge >= 0.3 is 5.97 Å². The fraction of sp³-hybridized carbons (Fsp3) is 0.467. The molecule has 0 saturated heterocycles. The van der Waals surface area contributed by atoms with Crippen LogP contribution in [-0.2, 0) is 11.5 Å². The highest BCUT2D eigenvalue weighted by Crippen LogP contribution is 2.24. The standard InChI is InChI=1S/C15H21IN2O3Si/c1-10-7-13-12(8-11(10)15(19)20)14(16)17-18(13)9-21-5-6-22(2,3)4/h7-8H,5-6,9H2,1-4H3,(H,19,20). The second-order valence-electron chi connectivity index (χ2n) is 6.63. The van der Waals surface area contributed by atoms with Crippen LogP contribution in [0, 0.1) is 10.6 Å². The molecule has 0 aliphatic rings. The number of carbonyl (C=O) groups is 1. The van der Waals surface area contributed by atoms with Gasteiger partial charge in [-0.3, -0.25) is 0 Å². The van der Waals surface area contributed by atoms with Gasteiger partial charge in [0.25, 0.3) is 0 Å². The molecular formula is C15H21IN2O3Si. The van der Waals surface area contributed by atoms with Gasteiger partial charge in [-0.25, -0.2) is 9.48 Å². The van der Waals surface area contributed by atoms with Crippen LogP contribution in [0.15, 0.2) is 12.1 Å². The van der Waals surface area contributed by atoms with Crippen molar-refractivity contribution in [1.82, 2.24) is 9.78 Å². The monoisotopic (exact) mass is 432 g/mol. The second kappa shape index (κ2) is 6.67. The van der Waals surface area contributed by atoms with Crippen LogP contribution in [0.4, 0.5) is 0 Å². The maximum absolute atomic E-state index is 11.2. The van der Waals surface area contributed by atoms with Gasteiger partial charge in [-0.2, -0.15) is 5.10 Å². The Morgan fingerprint density at radius 1 is 1.41 bits per heavy atom. The smallest absolute Gasteiger partial charge is 0.335 e. The van der Waals surface area contributed by atoms with E-state index in [0.29, 0.717) is 12.3 Å². The number of nitrogens with zero attached hydrogens (tertiary/aromatic N) is 2. The molecule has 0 atom stereocenters. The molecule has 0 fully saturated rings. The molecule has 1 N–H and O–H groups in total. The maximum Gasteiger partial charge on any atom is 0.335 e. The molecule has 2 aromatic rings. The van der Waals surface area contributed by atoms with Crippen LogP contribution < -0.4 is 0 Å². The summed E-state index contributed by atoms with van der Waals surface area (Å²) < 4.78 is 8.35. The summed E-state index contributed by atoms with van der Waals surface area (Å²) in [5, 5.41) is 14.5. The highest BCUT2D eigenvalue weighted by Gasteiger charge is 2.16. The molecule has 120 valence electrons. The molecule has 0 radical (unpaired) electrons. The van der Waals surface area contributed by atoms with Gasteiger partial charge in [0.1, 0.15) is 10.4 Å². The lowest BCUT2D eigenvalue weighted by atomic mass is 10.1. The predicted octanol–water partition coefficient (Wildman–Crippen LogP) is 3.96. The minimum absolute atomic E-state index is 0.324. The van der Waals surface area contributed by atoms with Crippen LogP contribution in [0.3, 0.4) is 0 Å². The molecule has 2 rings (SSSR count). The van der Waals surface area contributed by atoms with E-state index in [4.69, 9.17) is 4.74 Å². The number of hydrogen-bond donors (Lipinski definition) is 1. The Bertz CT molecular complexity index is 707. The van der Waals surface area contributed by atoms with Crippen molar-refractivity contribution in [3.8, 4) is 0 Å². The van der Waals surface area contributed by atoms with E-state index in [-0.39, 0.29) is 0 Å². The summed E-state index contributed by atoms with van der Waals surface area (Å²) in [4.78, 5) is 11.2. The predicted molar refractivity (Wildman–Crippen MR) is 98.3 cm³/mol. The summed E-state index contributed by atoms with van der Waals surface area (Å²) in [5.74, 6) is -0.908. The van der Waals surface area contributed by atoms with Gasteiger partial charge in [-0.05, 0) is 53.3 Å². The zero-order valence-corrected chi connectivity index (χ0v) is 16.5. The van der Waals surface area contributed by atoms with Gasteiger partial charge < -0.3 is 9.84 Å². The Hall–Kier alpha value is -0.933. The molecular weight excluding hydrogens is 411 g/mol. The highest BCUT2D eigenvalue weighted by molar-refractivity contribution is 14.1. The van der Waals surface area contributed by atoms with Crippen LogP contribution in [0.25, 0.3) is 10.9 Å². The first-order valence-corrected chi connectivity index (χ1v) is 12.0. The van der Waals surface area contributed by atoms with E-state index in [1.54, 1.807) is 17.7 Å². The molecule has 7 heteroatoms. The molecule has 1 aromatic carbocycles. The minimum atomic E-state index is -1.09. The van der Waals surface area contributed by atoms with Crippen molar-refractivity contribution < 1.29 is 14.6 Å². The molecule has 0 unspecified atom stereocenters. The first kappa shape index (κ1) is 17.4. The minimum Gasteiger partial charge on any atom is -0.478 e. The Morgan fingerprint density at radius 2 is 2.09 bits per heavy atom. The summed E-state index contributed by atoms with van der Waals surface area (Å²) in [7, 11) is -1.09. The number of fused-ring (bicyclic) bond motifs is 1. The third-order valence-corrected chi connectivity index (χ3v) is 5.99. The molecule has 0 aliphatic heterocycles. The van der Waals surface area contributed by atoms with Gasteiger partial charge in [0, 0.05) is 20.1 Å². The van der Waals surface area contributed by atoms with Crippen LogP contribution in [0.1, 0.15) is 15.9 Å². The number of benzene rings is 1. The SMILES string of the molecule is Cc1cc2c(cc1C(=O)O)c(I)nn2COCC[Si](C)(C)C. The number of aryl methyl sites for hydroxylation is 1. The van der Waals surface area contributed by atoms with Crippen molar-refractivity contribution in [3.63, 3.8) is 0 Å². The molecule has 22 heavy (non-hydrogen) atoms. The first-order valence-electron chi connectivity index (χ1n) is 7.17. The zero-order chi connectivity index (χ0) is 16.5. The number of carboxylic acid groups (broad SMARTS) is 1. The number of ether oxygens (including phenoxy) is 1. The Balaban J connectivity index is 2.21. The summed E-state index contributed by atoms with van der Waals surface area (Å²) >= 11 is 2.13. The average molecular weight is 432 g/mol. The van der Waals surface area contributed by atoms with Gasteiger partial charge in [-0.1, -0.05) is 19.6 Å². The summed E-state index contributed by atoms with van der Waals surface area (Å²) in [6.45, 7) is 9.90. The molecule has 5 nitrogen and oxygen atoms in total. The molecule has 0 amide bonds. The highest BCUT2D eigenvalue weighted by atomic mass is 127. The average Bonchev–Trinajstić information content (AvgIpc) is 2.68. The zero-order valence-electron chi connectivity index (χ0n) is 13.3. The summed E-state index contributed by atoms with van der Waals surface area (Å²) in [5.41, 5.74) is 1.98. The van der Waals surface area contributed by atoms with E-state index in [1.807, 2.05) is 6.07 Å². The summed E-state index contributed by atoms with van der Waals surface area (Å²) in [6, 6.07) is 4.68. The first-order chi connectivity index (χ1) is 10.2. The number of halogens is 1. The van der Waals surface area contributed by atoms with Crippen LogP contribution in [0.2, 0.25) is 25.7 Å². The molecule has 0 bridgehead atoms. The lowest BCUT2D eigenvalue weighted by Gasteiger charge is -2.15. The molecule has 1 aromatic heterocycles. The quantitative estimate of drug-likeness (QED) is 0.427. The fourth-order valence-electron chi connectivity index (χ4n) is 2.14. The number of carboxylic acids is 1. The van der Waals surface area contributed by atoms with E-state index in [9.17, 15) is 9.90 Å². The largest absolute Gasteiger partial charge is 0.478 e. The van der Waals surface area contributed by atoms with Crippen molar-refractivity contribution >= 4 is 47.5 Å². The van der Waals surface area contributed by atoms with E-state index >= 15 is 0 Å². The number of aromatic carboxylic acids is 1. The van der Waals surface area contributed by atoms with Crippen molar-refractivity contribution in [2.45, 2.75) is 39.3 Å². The third kappa shape index (κ3) is 4.08. The van der Waals surface area contributed by atoms with E-state index < -0.39 is 14.0 Å². The van der Waals surface area contributed by atoms with Crippen molar-refractivity contribution in [2.75, 3.05) is 6.61 Å². The van der Waals surface area contributed by atoms with E-state index in [0.717, 1.165) is 32.8 Å². The van der Waals surface area contributed by atoms with Gasteiger partial charge in [0.05, 0.1) is 11.1 Å².